The number of anilines is 1. The van der Waals surface area contributed by atoms with E-state index in [1.165, 1.54) is 18.2 Å². The predicted octanol–water partition coefficient (Wildman–Crippen LogP) is 0.731. The molecule has 1 atom stereocenters. The van der Waals surface area contributed by atoms with Gasteiger partial charge in [0.25, 0.3) is 5.91 Å². The molecule has 0 aliphatic carbocycles. The molecule has 132 valence electrons. The largest absolute Gasteiger partial charge is 0.482 e. The van der Waals surface area contributed by atoms with Gasteiger partial charge in [0.15, 0.2) is 6.61 Å². The van der Waals surface area contributed by atoms with Crippen molar-refractivity contribution in [3.05, 3.63) is 29.8 Å². The fourth-order valence-electron chi connectivity index (χ4n) is 3.06. The van der Waals surface area contributed by atoms with Crippen LogP contribution in [0.2, 0.25) is 0 Å². The van der Waals surface area contributed by atoms with Gasteiger partial charge in [-0.15, -0.1) is 0 Å². The van der Waals surface area contributed by atoms with Crippen LogP contribution in [-0.2, 0) is 21.4 Å². The molecule has 0 spiro atoms. The normalized spacial score (nSPS) is 19.6. The van der Waals surface area contributed by atoms with Gasteiger partial charge >= 0.3 is 0 Å². The second-order valence-corrected chi connectivity index (χ2v) is 7.77. The SMILES string of the molecule is Cc1nc2n(n1)CCCC2NS(=O)(=O)c1ccc2c(c1)NC(=O)CO2. The number of sulfonamides is 1. The molecule has 0 radical (unpaired) electrons. The zero-order valence-corrected chi connectivity index (χ0v) is 14.3. The Hall–Kier alpha value is -2.46. The summed E-state index contributed by atoms with van der Waals surface area (Å²) in [7, 11) is -3.78. The van der Waals surface area contributed by atoms with Gasteiger partial charge in [-0.05, 0) is 38.0 Å². The maximum atomic E-state index is 12.8. The van der Waals surface area contributed by atoms with Gasteiger partial charge in [-0.1, -0.05) is 0 Å². The number of hydrogen-bond acceptors (Lipinski definition) is 6. The van der Waals surface area contributed by atoms with Gasteiger partial charge < -0.3 is 10.1 Å². The lowest BCUT2D eigenvalue weighted by Gasteiger charge is -2.23. The Morgan fingerprint density at radius 1 is 1.40 bits per heavy atom. The molecule has 1 aromatic carbocycles. The summed E-state index contributed by atoms with van der Waals surface area (Å²) in [4.78, 5) is 15.8. The van der Waals surface area contributed by atoms with Crippen LogP contribution in [0.3, 0.4) is 0 Å². The summed E-state index contributed by atoms with van der Waals surface area (Å²) in [6.45, 7) is 2.44. The molecule has 25 heavy (non-hydrogen) atoms. The Kier molecular flexibility index (Phi) is 3.73. The molecule has 0 fully saturated rings. The predicted molar refractivity (Wildman–Crippen MR) is 87.6 cm³/mol. The molecular formula is C15H17N5O4S. The minimum atomic E-state index is -3.78. The van der Waals surface area contributed by atoms with E-state index in [4.69, 9.17) is 4.74 Å². The van der Waals surface area contributed by atoms with Crippen molar-refractivity contribution >= 4 is 21.6 Å². The van der Waals surface area contributed by atoms with Crippen LogP contribution < -0.4 is 14.8 Å². The first-order valence-corrected chi connectivity index (χ1v) is 9.41. The lowest BCUT2D eigenvalue weighted by atomic mass is 10.1. The number of nitrogens with zero attached hydrogens (tertiary/aromatic N) is 3. The molecule has 3 heterocycles. The summed E-state index contributed by atoms with van der Waals surface area (Å²) >= 11 is 0. The Morgan fingerprint density at radius 2 is 2.24 bits per heavy atom. The number of carbonyl (C=O) groups is 1. The number of fused-ring (bicyclic) bond motifs is 2. The average Bonchev–Trinajstić information content (AvgIpc) is 2.95. The highest BCUT2D eigenvalue weighted by molar-refractivity contribution is 7.89. The quantitative estimate of drug-likeness (QED) is 0.831. The van der Waals surface area contributed by atoms with Gasteiger partial charge in [0.05, 0.1) is 16.6 Å². The number of aryl methyl sites for hydroxylation is 2. The van der Waals surface area contributed by atoms with Crippen LogP contribution in [0.15, 0.2) is 23.1 Å². The summed E-state index contributed by atoms with van der Waals surface area (Å²) in [6, 6.07) is 3.96. The first kappa shape index (κ1) is 16.0. The second kappa shape index (κ2) is 5.81. The van der Waals surface area contributed by atoms with E-state index < -0.39 is 16.1 Å². The third-order valence-electron chi connectivity index (χ3n) is 4.17. The molecular weight excluding hydrogens is 346 g/mol. The molecule has 1 amide bonds. The van der Waals surface area contributed by atoms with E-state index in [1.54, 1.807) is 11.6 Å². The van der Waals surface area contributed by atoms with Crippen molar-refractivity contribution < 1.29 is 17.9 Å². The van der Waals surface area contributed by atoms with E-state index in [2.05, 4.69) is 20.1 Å². The third-order valence-corrected chi connectivity index (χ3v) is 5.64. The van der Waals surface area contributed by atoms with E-state index in [0.29, 0.717) is 29.5 Å². The second-order valence-electron chi connectivity index (χ2n) is 6.05. The number of aromatic nitrogens is 3. The van der Waals surface area contributed by atoms with Crippen LogP contribution in [-0.4, -0.2) is 35.7 Å². The van der Waals surface area contributed by atoms with Gasteiger partial charge in [0.2, 0.25) is 10.0 Å². The molecule has 4 rings (SSSR count). The summed E-state index contributed by atoms with van der Waals surface area (Å²) < 4.78 is 35.2. The van der Waals surface area contributed by atoms with Crippen molar-refractivity contribution in [3.63, 3.8) is 0 Å². The number of ether oxygens (including phenoxy) is 1. The third kappa shape index (κ3) is 2.98. The standard InChI is InChI=1S/C15H17N5O4S/c1-9-16-15-11(3-2-6-20(15)18-9)19-25(22,23)10-4-5-13-12(7-10)17-14(21)8-24-13/h4-5,7,11,19H,2-3,6,8H2,1H3,(H,17,21). The topological polar surface area (TPSA) is 115 Å². The molecule has 2 aliphatic heterocycles. The number of hydrogen-bond donors (Lipinski definition) is 2. The number of amides is 1. The highest BCUT2D eigenvalue weighted by Gasteiger charge is 2.29. The Balaban J connectivity index is 1.63. The van der Waals surface area contributed by atoms with Crippen molar-refractivity contribution in [1.29, 1.82) is 0 Å². The average molecular weight is 363 g/mol. The molecule has 9 nitrogen and oxygen atoms in total. The maximum Gasteiger partial charge on any atom is 0.262 e. The van der Waals surface area contributed by atoms with Crippen molar-refractivity contribution in [2.45, 2.75) is 37.2 Å². The lowest BCUT2D eigenvalue weighted by Crippen LogP contribution is -2.33. The molecule has 2 aliphatic rings. The Bertz CT molecular complexity index is 953. The van der Waals surface area contributed by atoms with Gasteiger partial charge in [-0.2, -0.15) is 5.10 Å². The van der Waals surface area contributed by atoms with Crippen molar-refractivity contribution in [3.8, 4) is 5.75 Å². The van der Waals surface area contributed by atoms with Crippen LogP contribution in [0, 0.1) is 6.92 Å². The van der Waals surface area contributed by atoms with Crippen LogP contribution in [0.25, 0.3) is 0 Å². The summed E-state index contributed by atoms with van der Waals surface area (Å²) in [5.74, 6) is 1.38. The maximum absolute atomic E-state index is 12.8. The van der Waals surface area contributed by atoms with E-state index >= 15 is 0 Å². The Labute approximate surface area is 144 Å². The van der Waals surface area contributed by atoms with E-state index in [9.17, 15) is 13.2 Å². The number of benzene rings is 1. The molecule has 10 heteroatoms. The highest BCUT2D eigenvalue weighted by Crippen LogP contribution is 2.31. The molecule has 0 bridgehead atoms. The first-order valence-electron chi connectivity index (χ1n) is 7.93. The molecule has 1 aromatic heterocycles. The van der Waals surface area contributed by atoms with Crippen molar-refractivity contribution in [2.24, 2.45) is 0 Å². The van der Waals surface area contributed by atoms with E-state index in [-0.39, 0.29) is 17.4 Å². The van der Waals surface area contributed by atoms with Crippen LogP contribution >= 0.6 is 0 Å². The minimum Gasteiger partial charge on any atom is -0.482 e. The fraction of sp³-hybridized carbons (Fsp3) is 0.400. The molecule has 0 saturated carbocycles. The zero-order valence-electron chi connectivity index (χ0n) is 13.5. The van der Waals surface area contributed by atoms with Crippen molar-refractivity contribution in [2.75, 3.05) is 11.9 Å². The summed E-state index contributed by atoms with van der Waals surface area (Å²) in [6.07, 6.45) is 1.47. The number of nitrogens with one attached hydrogen (secondary N) is 2. The van der Waals surface area contributed by atoms with Gasteiger partial charge in [0.1, 0.15) is 17.4 Å². The highest BCUT2D eigenvalue weighted by atomic mass is 32.2. The number of carbonyl (C=O) groups excluding carboxylic acids is 1. The summed E-state index contributed by atoms with van der Waals surface area (Å²) in [5, 5.41) is 6.89. The van der Waals surface area contributed by atoms with Gasteiger partial charge in [-0.25, -0.2) is 22.8 Å². The van der Waals surface area contributed by atoms with Crippen LogP contribution in [0.1, 0.15) is 30.5 Å². The smallest absolute Gasteiger partial charge is 0.262 e. The van der Waals surface area contributed by atoms with E-state index in [0.717, 1.165) is 13.0 Å². The monoisotopic (exact) mass is 363 g/mol. The molecule has 0 saturated heterocycles. The molecule has 2 N–H and O–H groups in total. The van der Waals surface area contributed by atoms with Crippen LogP contribution in [0.4, 0.5) is 5.69 Å². The first-order chi connectivity index (χ1) is 11.9. The molecule has 1 unspecified atom stereocenters. The Morgan fingerprint density at radius 3 is 3.08 bits per heavy atom. The fourth-order valence-corrected chi connectivity index (χ4v) is 4.32. The number of rotatable bonds is 3. The van der Waals surface area contributed by atoms with Crippen molar-refractivity contribution in [1.82, 2.24) is 19.5 Å². The summed E-state index contributed by atoms with van der Waals surface area (Å²) in [5.41, 5.74) is 0.349. The minimum absolute atomic E-state index is 0.0606. The van der Waals surface area contributed by atoms with Gasteiger partial charge in [-0.3, -0.25) is 4.79 Å². The van der Waals surface area contributed by atoms with Gasteiger partial charge in [0, 0.05) is 6.54 Å². The van der Waals surface area contributed by atoms with E-state index in [1.807, 2.05) is 0 Å². The van der Waals surface area contributed by atoms with Crippen LogP contribution in [0.5, 0.6) is 5.75 Å². The zero-order chi connectivity index (χ0) is 17.6. The molecule has 2 aromatic rings. The lowest BCUT2D eigenvalue weighted by molar-refractivity contribution is -0.118.